The van der Waals surface area contributed by atoms with E-state index in [1.807, 2.05) is 0 Å². The molecule has 0 atom stereocenters. The summed E-state index contributed by atoms with van der Waals surface area (Å²) in [4.78, 5) is 11.2. The third-order valence-electron chi connectivity index (χ3n) is 3.39. The van der Waals surface area contributed by atoms with Crippen LogP contribution in [0.5, 0.6) is 5.75 Å². The van der Waals surface area contributed by atoms with Crippen LogP contribution in [0, 0.1) is 5.82 Å². The van der Waals surface area contributed by atoms with Crippen molar-refractivity contribution in [2.24, 2.45) is 0 Å². The first-order chi connectivity index (χ1) is 11.0. The number of anilines is 1. The molecule has 0 aromatic heterocycles. The molecule has 23 heavy (non-hydrogen) atoms. The van der Waals surface area contributed by atoms with Crippen LogP contribution in [0.15, 0.2) is 36.4 Å². The zero-order chi connectivity index (χ0) is 16.8. The smallest absolute Gasteiger partial charge is 0.305 e. The molecule has 0 aliphatic rings. The summed E-state index contributed by atoms with van der Waals surface area (Å²) in [6.07, 6.45) is 0.740. The highest BCUT2D eigenvalue weighted by atomic mass is 35.5. The molecule has 0 aliphatic carbocycles. The molecule has 0 amide bonds. The zero-order valence-electron chi connectivity index (χ0n) is 12.6. The molecule has 2 aromatic carbocycles. The van der Waals surface area contributed by atoms with Gasteiger partial charge in [0.15, 0.2) is 0 Å². The standard InChI is InChI=1S/C17H17ClFNO3/c1-22-17(21)8-6-11-5-7-12(9-16(11)20)23-10-13-14(18)3-2-4-15(13)19/h2-5,7,9H,6,8,10,20H2,1H3. The lowest BCUT2D eigenvalue weighted by Gasteiger charge is -2.11. The number of halogens is 2. The van der Waals surface area contributed by atoms with Gasteiger partial charge in [-0.25, -0.2) is 4.39 Å². The maximum atomic E-state index is 13.7. The van der Waals surface area contributed by atoms with Gasteiger partial charge in [0.1, 0.15) is 18.2 Å². The molecule has 0 aliphatic heterocycles. The number of aryl methyl sites for hydroxylation is 1. The number of nitrogens with two attached hydrogens (primary N) is 1. The average Bonchev–Trinajstić information content (AvgIpc) is 2.53. The van der Waals surface area contributed by atoms with Crippen molar-refractivity contribution in [3.8, 4) is 5.75 Å². The predicted octanol–water partition coefficient (Wildman–Crippen LogP) is 3.75. The first-order valence-electron chi connectivity index (χ1n) is 7.02. The molecule has 0 heterocycles. The highest BCUT2D eigenvalue weighted by Crippen LogP contribution is 2.24. The van der Waals surface area contributed by atoms with E-state index >= 15 is 0 Å². The molecule has 0 bridgehead atoms. The second kappa shape index (κ2) is 7.83. The van der Waals surface area contributed by atoms with Gasteiger partial charge in [0.25, 0.3) is 0 Å². The van der Waals surface area contributed by atoms with Gasteiger partial charge in [-0.05, 0) is 30.2 Å². The van der Waals surface area contributed by atoms with Crippen molar-refractivity contribution in [1.29, 1.82) is 0 Å². The van der Waals surface area contributed by atoms with Crippen LogP contribution in [0.1, 0.15) is 17.5 Å². The number of carbonyl (C=O) groups is 1. The van der Waals surface area contributed by atoms with Crippen LogP contribution < -0.4 is 10.5 Å². The third kappa shape index (κ3) is 4.60. The van der Waals surface area contributed by atoms with E-state index in [0.29, 0.717) is 28.4 Å². The quantitative estimate of drug-likeness (QED) is 0.644. The maximum absolute atomic E-state index is 13.7. The first kappa shape index (κ1) is 17.1. The van der Waals surface area contributed by atoms with E-state index in [4.69, 9.17) is 22.1 Å². The van der Waals surface area contributed by atoms with Crippen molar-refractivity contribution >= 4 is 23.3 Å². The Morgan fingerprint density at radius 1 is 1.30 bits per heavy atom. The van der Waals surface area contributed by atoms with Gasteiger partial charge in [0, 0.05) is 23.7 Å². The van der Waals surface area contributed by atoms with Crippen LogP contribution in [-0.4, -0.2) is 13.1 Å². The van der Waals surface area contributed by atoms with Crippen molar-refractivity contribution in [3.63, 3.8) is 0 Å². The lowest BCUT2D eigenvalue weighted by atomic mass is 10.1. The van der Waals surface area contributed by atoms with E-state index in [1.165, 1.54) is 19.2 Å². The molecule has 0 fully saturated rings. The van der Waals surface area contributed by atoms with E-state index < -0.39 is 5.82 Å². The molecule has 0 unspecified atom stereocenters. The van der Waals surface area contributed by atoms with Crippen molar-refractivity contribution in [3.05, 3.63) is 58.4 Å². The van der Waals surface area contributed by atoms with Gasteiger partial charge >= 0.3 is 5.97 Å². The number of rotatable bonds is 6. The molecule has 0 radical (unpaired) electrons. The lowest BCUT2D eigenvalue weighted by Crippen LogP contribution is -2.04. The molecular formula is C17H17ClFNO3. The number of hydrogen-bond donors (Lipinski definition) is 1. The number of nitrogen functional groups attached to an aromatic ring is 1. The fourth-order valence-electron chi connectivity index (χ4n) is 2.05. The average molecular weight is 338 g/mol. The summed E-state index contributed by atoms with van der Waals surface area (Å²) in [5.41, 5.74) is 7.57. The van der Waals surface area contributed by atoms with Gasteiger partial charge in [0.05, 0.1) is 12.1 Å². The van der Waals surface area contributed by atoms with E-state index in [1.54, 1.807) is 24.3 Å². The Kier molecular flexibility index (Phi) is 5.82. The van der Waals surface area contributed by atoms with Gasteiger partial charge in [-0.2, -0.15) is 0 Å². The number of esters is 1. The molecule has 0 spiro atoms. The molecule has 4 nitrogen and oxygen atoms in total. The summed E-state index contributed by atoms with van der Waals surface area (Å²) >= 11 is 5.95. The summed E-state index contributed by atoms with van der Waals surface area (Å²) in [7, 11) is 1.34. The first-order valence-corrected chi connectivity index (χ1v) is 7.40. The van der Waals surface area contributed by atoms with Crippen LogP contribution >= 0.6 is 11.6 Å². The van der Waals surface area contributed by atoms with E-state index in [0.717, 1.165) is 5.56 Å². The Bertz CT molecular complexity index is 686. The minimum Gasteiger partial charge on any atom is -0.489 e. The van der Waals surface area contributed by atoms with Crippen LogP contribution in [0.25, 0.3) is 0 Å². The molecule has 0 saturated heterocycles. The predicted molar refractivity (Wildman–Crippen MR) is 86.9 cm³/mol. The molecule has 6 heteroatoms. The number of ether oxygens (including phenoxy) is 2. The van der Waals surface area contributed by atoms with Gasteiger partial charge in [-0.15, -0.1) is 0 Å². The Hall–Kier alpha value is -2.27. The minimum atomic E-state index is -0.417. The zero-order valence-corrected chi connectivity index (χ0v) is 13.4. The SMILES string of the molecule is COC(=O)CCc1ccc(OCc2c(F)cccc2Cl)cc1N. The molecule has 122 valence electrons. The fourth-order valence-corrected chi connectivity index (χ4v) is 2.27. The highest BCUT2D eigenvalue weighted by molar-refractivity contribution is 6.31. The lowest BCUT2D eigenvalue weighted by molar-refractivity contribution is -0.140. The molecule has 2 N–H and O–H groups in total. The van der Waals surface area contributed by atoms with Crippen molar-refractivity contribution in [1.82, 2.24) is 0 Å². The monoisotopic (exact) mass is 337 g/mol. The molecule has 2 aromatic rings. The van der Waals surface area contributed by atoms with Crippen LogP contribution in [-0.2, 0) is 22.6 Å². The van der Waals surface area contributed by atoms with Crippen molar-refractivity contribution in [2.45, 2.75) is 19.4 Å². The van der Waals surface area contributed by atoms with Gasteiger partial charge in [0.2, 0.25) is 0 Å². The number of hydrogen-bond acceptors (Lipinski definition) is 4. The Balaban J connectivity index is 2.02. The van der Waals surface area contributed by atoms with Crippen molar-refractivity contribution < 1.29 is 18.7 Å². The Labute approximate surface area is 139 Å². The van der Waals surface area contributed by atoms with Gasteiger partial charge < -0.3 is 15.2 Å². The van der Waals surface area contributed by atoms with Crippen molar-refractivity contribution in [2.75, 3.05) is 12.8 Å². The minimum absolute atomic E-state index is 0.00640. The molecule has 2 rings (SSSR count). The normalized spacial score (nSPS) is 10.4. The number of carbonyl (C=O) groups excluding carboxylic acids is 1. The highest BCUT2D eigenvalue weighted by Gasteiger charge is 2.09. The van der Waals surface area contributed by atoms with E-state index in [-0.39, 0.29) is 19.0 Å². The summed E-state index contributed by atoms with van der Waals surface area (Å²) in [6, 6.07) is 9.60. The summed E-state index contributed by atoms with van der Waals surface area (Å²) < 4.78 is 23.8. The molecular weight excluding hydrogens is 321 g/mol. The third-order valence-corrected chi connectivity index (χ3v) is 3.74. The van der Waals surface area contributed by atoms with Crippen LogP contribution in [0.4, 0.5) is 10.1 Å². The Morgan fingerprint density at radius 3 is 2.74 bits per heavy atom. The number of benzene rings is 2. The van der Waals surface area contributed by atoms with Crippen LogP contribution in [0.2, 0.25) is 5.02 Å². The van der Waals surface area contributed by atoms with Gasteiger partial charge in [-0.3, -0.25) is 4.79 Å². The summed E-state index contributed by atoms with van der Waals surface area (Å²) in [5.74, 6) is -0.206. The van der Waals surface area contributed by atoms with Gasteiger partial charge in [-0.1, -0.05) is 23.7 Å². The van der Waals surface area contributed by atoms with Crippen LogP contribution in [0.3, 0.4) is 0 Å². The number of methoxy groups -OCH3 is 1. The van der Waals surface area contributed by atoms with E-state index in [2.05, 4.69) is 4.74 Å². The second-order valence-electron chi connectivity index (χ2n) is 4.93. The molecule has 0 saturated carbocycles. The maximum Gasteiger partial charge on any atom is 0.305 e. The second-order valence-corrected chi connectivity index (χ2v) is 5.33. The Morgan fingerprint density at radius 2 is 2.09 bits per heavy atom. The topological polar surface area (TPSA) is 61.5 Å². The van der Waals surface area contributed by atoms with E-state index in [9.17, 15) is 9.18 Å². The summed E-state index contributed by atoms with van der Waals surface area (Å²) in [5, 5.41) is 0.313. The summed E-state index contributed by atoms with van der Waals surface area (Å²) in [6.45, 7) is 0.00640. The fraction of sp³-hybridized carbons (Fsp3) is 0.235. The largest absolute Gasteiger partial charge is 0.489 e.